The van der Waals surface area contributed by atoms with Crippen molar-refractivity contribution >= 4 is 28.6 Å². The number of hydrogen-bond donors (Lipinski definition) is 0. The molecule has 0 atom stereocenters. The fourth-order valence-electron chi connectivity index (χ4n) is 2.12. The van der Waals surface area contributed by atoms with E-state index in [2.05, 4.69) is 34.4 Å². The molecule has 0 radical (unpaired) electrons. The van der Waals surface area contributed by atoms with Crippen LogP contribution in [0.15, 0.2) is 29.6 Å². The standard InChI is InChI=1S/C15H18O2S/c16-12-17-10-6-2-1-3-9-15-14-8-5-4-7-13(14)11-18-15/h4-5,7-8,11-12H,1-3,6,9-10H2. The van der Waals surface area contributed by atoms with Crippen molar-refractivity contribution in [1.29, 1.82) is 0 Å². The van der Waals surface area contributed by atoms with Crippen LogP contribution in [0.1, 0.15) is 30.6 Å². The molecule has 0 bridgehead atoms. The third kappa shape index (κ3) is 3.57. The van der Waals surface area contributed by atoms with Gasteiger partial charge in [0.25, 0.3) is 6.47 Å². The number of aryl methyl sites for hydroxylation is 1. The Kier molecular flexibility index (Phi) is 5.21. The first-order chi connectivity index (χ1) is 8.92. The second-order valence-electron chi connectivity index (χ2n) is 4.38. The SMILES string of the molecule is O=COCCCCCCc1scc2ccccc12. The zero-order chi connectivity index (χ0) is 12.6. The topological polar surface area (TPSA) is 26.3 Å². The number of hydrogen-bond acceptors (Lipinski definition) is 3. The highest BCUT2D eigenvalue weighted by Crippen LogP contribution is 2.27. The predicted molar refractivity (Wildman–Crippen MR) is 76.0 cm³/mol. The van der Waals surface area contributed by atoms with Crippen LogP contribution in [0.2, 0.25) is 0 Å². The summed E-state index contributed by atoms with van der Waals surface area (Å²) in [6, 6.07) is 8.58. The minimum absolute atomic E-state index is 0.526. The van der Waals surface area contributed by atoms with E-state index in [1.54, 1.807) is 0 Å². The van der Waals surface area contributed by atoms with Gasteiger partial charge < -0.3 is 4.74 Å². The maximum absolute atomic E-state index is 9.95. The second kappa shape index (κ2) is 7.17. The molecule has 2 nitrogen and oxygen atoms in total. The molecule has 18 heavy (non-hydrogen) atoms. The van der Waals surface area contributed by atoms with E-state index in [4.69, 9.17) is 0 Å². The summed E-state index contributed by atoms with van der Waals surface area (Å²) in [5, 5.41) is 5.01. The van der Waals surface area contributed by atoms with Crippen molar-refractivity contribution in [3.8, 4) is 0 Å². The fourth-order valence-corrected chi connectivity index (χ4v) is 3.17. The molecule has 96 valence electrons. The summed E-state index contributed by atoms with van der Waals surface area (Å²) in [5.74, 6) is 0. The monoisotopic (exact) mass is 262 g/mol. The van der Waals surface area contributed by atoms with Crippen LogP contribution in [0.25, 0.3) is 10.8 Å². The van der Waals surface area contributed by atoms with E-state index >= 15 is 0 Å². The summed E-state index contributed by atoms with van der Waals surface area (Å²) >= 11 is 1.86. The molecule has 0 N–H and O–H groups in total. The van der Waals surface area contributed by atoms with Gasteiger partial charge in [0.15, 0.2) is 0 Å². The number of thiophene rings is 1. The van der Waals surface area contributed by atoms with Crippen LogP contribution in [-0.2, 0) is 16.0 Å². The fraction of sp³-hybridized carbons (Fsp3) is 0.400. The number of fused-ring (bicyclic) bond motifs is 1. The highest BCUT2D eigenvalue weighted by atomic mass is 32.1. The van der Waals surface area contributed by atoms with Gasteiger partial charge in [-0.05, 0) is 35.4 Å². The highest BCUT2D eigenvalue weighted by Gasteiger charge is 2.02. The molecular formula is C15H18O2S. The van der Waals surface area contributed by atoms with Gasteiger partial charge in [0.2, 0.25) is 0 Å². The van der Waals surface area contributed by atoms with Crippen LogP contribution in [0.4, 0.5) is 0 Å². The van der Waals surface area contributed by atoms with E-state index in [1.165, 1.54) is 28.5 Å². The summed E-state index contributed by atoms with van der Waals surface area (Å²) in [4.78, 5) is 11.4. The van der Waals surface area contributed by atoms with Crippen LogP contribution in [-0.4, -0.2) is 13.1 Å². The van der Waals surface area contributed by atoms with Crippen molar-refractivity contribution in [1.82, 2.24) is 0 Å². The zero-order valence-electron chi connectivity index (χ0n) is 10.4. The summed E-state index contributed by atoms with van der Waals surface area (Å²) < 4.78 is 4.67. The number of benzene rings is 1. The molecule has 0 spiro atoms. The first-order valence-corrected chi connectivity index (χ1v) is 7.30. The molecule has 1 heterocycles. The van der Waals surface area contributed by atoms with Crippen LogP contribution < -0.4 is 0 Å². The van der Waals surface area contributed by atoms with Crippen molar-refractivity contribution < 1.29 is 9.53 Å². The normalized spacial score (nSPS) is 10.7. The van der Waals surface area contributed by atoms with Gasteiger partial charge in [-0.1, -0.05) is 37.1 Å². The lowest BCUT2D eigenvalue weighted by Crippen LogP contribution is -1.91. The van der Waals surface area contributed by atoms with Gasteiger partial charge in [-0.25, -0.2) is 0 Å². The average Bonchev–Trinajstić information content (AvgIpc) is 2.81. The molecule has 2 rings (SSSR count). The van der Waals surface area contributed by atoms with Gasteiger partial charge in [-0.15, -0.1) is 11.3 Å². The molecule has 0 aliphatic rings. The average molecular weight is 262 g/mol. The van der Waals surface area contributed by atoms with Crippen molar-refractivity contribution in [3.63, 3.8) is 0 Å². The van der Waals surface area contributed by atoms with Crippen LogP contribution >= 0.6 is 11.3 Å². The molecular weight excluding hydrogens is 244 g/mol. The Labute approximate surface area is 112 Å². The lowest BCUT2D eigenvalue weighted by Gasteiger charge is -2.01. The minimum atomic E-state index is 0.526. The van der Waals surface area contributed by atoms with Crippen molar-refractivity contribution in [3.05, 3.63) is 34.5 Å². The molecule has 3 heteroatoms. The number of carbonyl (C=O) groups is 1. The number of rotatable bonds is 8. The minimum Gasteiger partial charge on any atom is -0.468 e. The van der Waals surface area contributed by atoms with Gasteiger partial charge in [0.1, 0.15) is 0 Å². The van der Waals surface area contributed by atoms with E-state index in [9.17, 15) is 4.79 Å². The predicted octanol–water partition coefficient (Wildman–Crippen LogP) is 4.18. The van der Waals surface area contributed by atoms with Gasteiger partial charge in [0, 0.05) is 4.88 Å². The maximum atomic E-state index is 9.95. The second-order valence-corrected chi connectivity index (χ2v) is 5.34. The van der Waals surface area contributed by atoms with E-state index in [-0.39, 0.29) is 0 Å². The smallest absolute Gasteiger partial charge is 0.293 e. The Morgan fingerprint density at radius 1 is 1.11 bits per heavy atom. The molecule has 1 aromatic carbocycles. The summed E-state index contributed by atoms with van der Waals surface area (Å²) in [6.45, 7) is 1.09. The van der Waals surface area contributed by atoms with Crippen LogP contribution in [0.3, 0.4) is 0 Å². The molecule has 1 aromatic heterocycles. The largest absolute Gasteiger partial charge is 0.468 e. The Balaban J connectivity index is 1.72. The Morgan fingerprint density at radius 2 is 1.94 bits per heavy atom. The lowest BCUT2D eigenvalue weighted by atomic mass is 10.1. The molecule has 0 aliphatic heterocycles. The molecule has 0 saturated heterocycles. The Morgan fingerprint density at radius 3 is 2.83 bits per heavy atom. The van der Waals surface area contributed by atoms with Gasteiger partial charge in [0.05, 0.1) is 6.61 Å². The number of carbonyl (C=O) groups excluding carboxylic acids is 1. The van der Waals surface area contributed by atoms with Crippen molar-refractivity contribution in [2.45, 2.75) is 32.1 Å². The van der Waals surface area contributed by atoms with Crippen molar-refractivity contribution in [2.75, 3.05) is 6.61 Å². The summed E-state index contributed by atoms with van der Waals surface area (Å²) in [5.41, 5.74) is 0. The zero-order valence-corrected chi connectivity index (χ0v) is 11.2. The maximum Gasteiger partial charge on any atom is 0.293 e. The third-order valence-corrected chi connectivity index (χ3v) is 4.15. The molecule has 0 fully saturated rings. The molecule has 0 aliphatic carbocycles. The molecule has 0 amide bonds. The first kappa shape index (κ1) is 13.1. The first-order valence-electron chi connectivity index (χ1n) is 6.42. The van der Waals surface area contributed by atoms with E-state index in [0.717, 1.165) is 19.3 Å². The number of ether oxygens (including phenoxy) is 1. The van der Waals surface area contributed by atoms with Gasteiger partial charge in [-0.2, -0.15) is 0 Å². The van der Waals surface area contributed by atoms with E-state index in [0.29, 0.717) is 13.1 Å². The molecule has 0 saturated carbocycles. The van der Waals surface area contributed by atoms with Crippen LogP contribution in [0, 0.1) is 0 Å². The summed E-state index contributed by atoms with van der Waals surface area (Å²) in [6.07, 6.45) is 5.69. The van der Waals surface area contributed by atoms with E-state index < -0.39 is 0 Å². The number of unbranched alkanes of at least 4 members (excludes halogenated alkanes) is 3. The Bertz CT molecular complexity index is 490. The van der Waals surface area contributed by atoms with Gasteiger partial charge in [-0.3, -0.25) is 4.79 Å². The lowest BCUT2D eigenvalue weighted by molar-refractivity contribution is -0.128. The van der Waals surface area contributed by atoms with Gasteiger partial charge >= 0.3 is 0 Å². The highest BCUT2D eigenvalue weighted by molar-refractivity contribution is 7.11. The Hall–Kier alpha value is -1.35. The molecule has 2 aromatic rings. The quantitative estimate of drug-likeness (QED) is 0.527. The third-order valence-electron chi connectivity index (χ3n) is 3.07. The summed E-state index contributed by atoms with van der Waals surface area (Å²) in [7, 11) is 0. The van der Waals surface area contributed by atoms with Crippen molar-refractivity contribution in [2.24, 2.45) is 0 Å². The van der Waals surface area contributed by atoms with E-state index in [1.807, 2.05) is 11.3 Å². The van der Waals surface area contributed by atoms with Crippen LogP contribution in [0.5, 0.6) is 0 Å². The molecule has 0 unspecified atom stereocenters.